The van der Waals surface area contributed by atoms with E-state index in [0.29, 0.717) is 0 Å². The number of benzene rings is 1. The Bertz CT molecular complexity index is 415. The van der Waals surface area contributed by atoms with Crippen LogP contribution in [0.4, 0.5) is 5.69 Å². The normalized spacial score (nSPS) is 13.4. The van der Waals surface area contributed by atoms with Gasteiger partial charge in [-0.15, -0.1) is 0 Å². The SMILES string of the molecule is CC(CO)N(C)c1c(Cl)cccc1CNC(C)(C)C. The Morgan fingerprint density at radius 3 is 2.53 bits per heavy atom. The highest BCUT2D eigenvalue weighted by atomic mass is 35.5. The van der Waals surface area contributed by atoms with Crippen molar-refractivity contribution in [1.29, 1.82) is 0 Å². The van der Waals surface area contributed by atoms with Crippen LogP contribution in [0.25, 0.3) is 0 Å². The average Bonchev–Trinajstić information content (AvgIpc) is 2.33. The molecule has 0 heterocycles. The summed E-state index contributed by atoms with van der Waals surface area (Å²) in [5, 5.41) is 13.5. The molecule has 1 aromatic carbocycles. The molecular weight excluding hydrogens is 260 g/mol. The summed E-state index contributed by atoms with van der Waals surface area (Å²) in [7, 11) is 1.96. The number of aliphatic hydroxyl groups excluding tert-OH is 1. The van der Waals surface area contributed by atoms with E-state index in [2.05, 4.69) is 32.2 Å². The van der Waals surface area contributed by atoms with Gasteiger partial charge in [-0.2, -0.15) is 0 Å². The molecule has 1 rings (SSSR count). The molecule has 4 heteroatoms. The van der Waals surface area contributed by atoms with Gasteiger partial charge in [0.1, 0.15) is 0 Å². The van der Waals surface area contributed by atoms with Crippen molar-refractivity contribution in [3.63, 3.8) is 0 Å². The number of rotatable bonds is 5. The second-order valence-corrected chi connectivity index (χ2v) is 6.40. The highest BCUT2D eigenvalue weighted by molar-refractivity contribution is 6.33. The largest absolute Gasteiger partial charge is 0.394 e. The fraction of sp³-hybridized carbons (Fsp3) is 0.600. The minimum absolute atomic E-state index is 0.0355. The van der Waals surface area contributed by atoms with Crippen molar-refractivity contribution in [2.24, 2.45) is 0 Å². The van der Waals surface area contributed by atoms with Gasteiger partial charge in [-0.3, -0.25) is 0 Å². The van der Waals surface area contributed by atoms with Gasteiger partial charge in [0.05, 0.1) is 17.3 Å². The van der Waals surface area contributed by atoms with Crippen LogP contribution >= 0.6 is 11.6 Å². The van der Waals surface area contributed by atoms with Crippen molar-refractivity contribution >= 4 is 17.3 Å². The summed E-state index contributed by atoms with van der Waals surface area (Å²) in [5.74, 6) is 0. The van der Waals surface area contributed by atoms with Crippen LogP contribution in [0.1, 0.15) is 33.3 Å². The van der Waals surface area contributed by atoms with Gasteiger partial charge in [-0.05, 0) is 39.3 Å². The topological polar surface area (TPSA) is 35.5 Å². The summed E-state index contributed by atoms with van der Waals surface area (Å²) in [6, 6.07) is 5.95. The standard InChI is InChI=1S/C15H25ClN2O/c1-11(10-19)18(5)14-12(7-6-8-13(14)16)9-17-15(2,3)4/h6-8,11,17,19H,9-10H2,1-5H3. The van der Waals surface area contributed by atoms with E-state index < -0.39 is 0 Å². The molecule has 0 saturated heterocycles. The van der Waals surface area contributed by atoms with E-state index in [-0.39, 0.29) is 18.2 Å². The molecule has 1 unspecified atom stereocenters. The van der Waals surface area contributed by atoms with E-state index >= 15 is 0 Å². The zero-order valence-corrected chi connectivity index (χ0v) is 13.3. The Morgan fingerprint density at radius 1 is 1.37 bits per heavy atom. The number of hydrogen-bond donors (Lipinski definition) is 2. The molecule has 1 atom stereocenters. The molecular formula is C15H25ClN2O. The molecule has 0 amide bonds. The van der Waals surface area contributed by atoms with Crippen molar-refractivity contribution in [3.8, 4) is 0 Å². The quantitative estimate of drug-likeness (QED) is 0.872. The minimum Gasteiger partial charge on any atom is -0.394 e. The van der Waals surface area contributed by atoms with E-state index in [0.717, 1.165) is 22.8 Å². The molecule has 0 bridgehead atoms. The van der Waals surface area contributed by atoms with E-state index in [4.69, 9.17) is 11.6 Å². The number of nitrogens with zero attached hydrogens (tertiary/aromatic N) is 1. The Kier molecular flexibility index (Phi) is 5.65. The van der Waals surface area contributed by atoms with Gasteiger partial charge in [-0.1, -0.05) is 23.7 Å². The average molecular weight is 285 g/mol. The summed E-state index contributed by atoms with van der Waals surface area (Å²) in [4.78, 5) is 2.03. The van der Waals surface area contributed by atoms with Gasteiger partial charge in [-0.25, -0.2) is 0 Å². The lowest BCUT2D eigenvalue weighted by atomic mass is 10.1. The molecule has 0 fully saturated rings. The maximum Gasteiger partial charge on any atom is 0.0642 e. The summed E-state index contributed by atoms with van der Waals surface area (Å²) in [6.07, 6.45) is 0. The number of likely N-dealkylation sites (N-methyl/N-ethyl adjacent to an activating group) is 1. The number of nitrogens with one attached hydrogen (secondary N) is 1. The lowest BCUT2D eigenvalue weighted by Crippen LogP contribution is -2.37. The maximum atomic E-state index is 9.31. The van der Waals surface area contributed by atoms with E-state index in [1.54, 1.807) is 0 Å². The van der Waals surface area contributed by atoms with Crippen molar-refractivity contribution in [3.05, 3.63) is 28.8 Å². The number of para-hydroxylation sites is 1. The highest BCUT2D eigenvalue weighted by Gasteiger charge is 2.17. The molecule has 0 radical (unpaired) electrons. The fourth-order valence-electron chi connectivity index (χ4n) is 1.80. The molecule has 0 aliphatic carbocycles. The second-order valence-electron chi connectivity index (χ2n) is 5.99. The van der Waals surface area contributed by atoms with Crippen LogP contribution in [-0.4, -0.2) is 30.3 Å². The summed E-state index contributed by atoms with van der Waals surface area (Å²) in [6.45, 7) is 9.24. The van der Waals surface area contributed by atoms with Gasteiger partial charge in [0.15, 0.2) is 0 Å². The molecule has 0 aliphatic heterocycles. The van der Waals surface area contributed by atoms with E-state index in [9.17, 15) is 5.11 Å². The molecule has 0 aliphatic rings. The van der Waals surface area contributed by atoms with Crippen LogP contribution in [0.3, 0.4) is 0 Å². The van der Waals surface area contributed by atoms with Crippen LogP contribution in [-0.2, 0) is 6.54 Å². The number of halogens is 1. The van der Waals surface area contributed by atoms with Crippen LogP contribution in [0.2, 0.25) is 5.02 Å². The smallest absolute Gasteiger partial charge is 0.0642 e. The predicted octanol–water partition coefficient (Wildman–Crippen LogP) is 3.05. The third-order valence-electron chi connectivity index (χ3n) is 3.16. The van der Waals surface area contributed by atoms with Crippen molar-refractivity contribution in [1.82, 2.24) is 5.32 Å². The molecule has 108 valence electrons. The Balaban J connectivity index is 3.01. The molecule has 3 nitrogen and oxygen atoms in total. The van der Waals surface area contributed by atoms with Gasteiger partial charge < -0.3 is 15.3 Å². The molecule has 0 spiro atoms. The summed E-state index contributed by atoms with van der Waals surface area (Å²) < 4.78 is 0. The van der Waals surface area contributed by atoms with E-state index in [1.807, 2.05) is 31.0 Å². The Labute approximate surface area is 121 Å². The fourth-order valence-corrected chi connectivity index (χ4v) is 2.13. The number of hydrogen-bond acceptors (Lipinski definition) is 3. The maximum absolute atomic E-state index is 9.31. The van der Waals surface area contributed by atoms with Gasteiger partial charge in [0.2, 0.25) is 0 Å². The highest BCUT2D eigenvalue weighted by Crippen LogP contribution is 2.30. The minimum atomic E-state index is 0.0355. The summed E-state index contributed by atoms with van der Waals surface area (Å²) in [5.41, 5.74) is 2.19. The third kappa shape index (κ3) is 4.68. The Hall–Kier alpha value is -0.770. The van der Waals surface area contributed by atoms with Gasteiger partial charge in [0, 0.05) is 25.2 Å². The predicted molar refractivity (Wildman–Crippen MR) is 83.0 cm³/mol. The van der Waals surface area contributed by atoms with Crippen LogP contribution in [0.5, 0.6) is 0 Å². The monoisotopic (exact) mass is 284 g/mol. The lowest BCUT2D eigenvalue weighted by Gasteiger charge is -2.30. The Morgan fingerprint density at radius 2 is 2.00 bits per heavy atom. The molecule has 19 heavy (non-hydrogen) atoms. The zero-order valence-electron chi connectivity index (χ0n) is 12.5. The zero-order chi connectivity index (χ0) is 14.6. The third-order valence-corrected chi connectivity index (χ3v) is 3.46. The van der Waals surface area contributed by atoms with Crippen molar-refractivity contribution in [2.75, 3.05) is 18.6 Å². The first-order chi connectivity index (χ1) is 8.76. The van der Waals surface area contributed by atoms with Crippen molar-refractivity contribution < 1.29 is 5.11 Å². The first-order valence-corrected chi connectivity index (χ1v) is 7.00. The first kappa shape index (κ1) is 16.3. The van der Waals surface area contributed by atoms with Gasteiger partial charge >= 0.3 is 0 Å². The number of aliphatic hydroxyl groups is 1. The molecule has 1 aromatic rings. The number of anilines is 1. The van der Waals surface area contributed by atoms with Crippen LogP contribution in [0.15, 0.2) is 18.2 Å². The van der Waals surface area contributed by atoms with Crippen LogP contribution in [0, 0.1) is 0 Å². The van der Waals surface area contributed by atoms with Crippen LogP contribution < -0.4 is 10.2 Å². The first-order valence-electron chi connectivity index (χ1n) is 6.62. The van der Waals surface area contributed by atoms with Crippen molar-refractivity contribution in [2.45, 2.75) is 45.8 Å². The molecule has 0 aromatic heterocycles. The second kappa shape index (κ2) is 6.60. The molecule has 0 saturated carbocycles. The summed E-state index contributed by atoms with van der Waals surface area (Å²) >= 11 is 6.32. The van der Waals surface area contributed by atoms with E-state index in [1.165, 1.54) is 0 Å². The molecule has 2 N–H and O–H groups in total. The lowest BCUT2D eigenvalue weighted by molar-refractivity contribution is 0.270. The van der Waals surface area contributed by atoms with Gasteiger partial charge in [0.25, 0.3) is 0 Å².